The highest BCUT2D eigenvalue weighted by atomic mass is 16.6. The summed E-state index contributed by atoms with van der Waals surface area (Å²) in [6, 6.07) is -2.55. The summed E-state index contributed by atoms with van der Waals surface area (Å²) in [7, 11) is 1.30. The van der Waals surface area contributed by atoms with Crippen LogP contribution in [0, 0.1) is 17.3 Å². The summed E-state index contributed by atoms with van der Waals surface area (Å²) in [6.07, 6.45) is 5.93. The van der Waals surface area contributed by atoms with Gasteiger partial charge in [-0.2, -0.15) is 0 Å². The minimum atomic E-state index is -1.02. The van der Waals surface area contributed by atoms with Crippen molar-refractivity contribution in [2.75, 3.05) is 26.9 Å². The number of nitrogens with zero attached hydrogens (tertiary/aromatic N) is 1. The van der Waals surface area contributed by atoms with Crippen molar-refractivity contribution in [2.24, 2.45) is 17.3 Å². The molecule has 0 aromatic heterocycles. The van der Waals surface area contributed by atoms with Crippen LogP contribution >= 0.6 is 0 Å². The molecule has 3 rings (SSSR count). The Balaban J connectivity index is 1.87. The first kappa shape index (κ1) is 28.0. The van der Waals surface area contributed by atoms with Crippen LogP contribution in [0.1, 0.15) is 60.3 Å². The molecule has 2 N–H and O–H groups in total. The van der Waals surface area contributed by atoms with Gasteiger partial charge >= 0.3 is 12.1 Å². The topological polar surface area (TPSA) is 123 Å². The molecule has 0 spiro atoms. The van der Waals surface area contributed by atoms with Crippen molar-refractivity contribution < 1.29 is 33.4 Å². The molecule has 1 saturated carbocycles. The molecule has 0 radical (unpaired) electrons. The lowest BCUT2D eigenvalue weighted by atomic mass is 9.99. The van der Waals surface area contributed by atoms with E-state index >= 15 is 0 Å². The zero-order valence-electron chi connectivity index (χ0n) is 22.3. The van der Waals surface area contributed by atoms with Crippen LogP contribution < -0.4 is 10.6 Å². The number of esters is 1. The van der Waals surface area contributed by atoms with Gasteiger partial charge in [0.2, 0.25) is 11.8 Å². The van der Waals surface area contributed by atoms with Crippen molar-refractivity contribution in [1.82, 2.24) is 15.5 Å². The van der Waals surface area contributed by atoms with E-state index in [2.05, 4.69) is 24.5 Å². The monoisotopic (exact) mass is 507 g/mol. The molecule has 0 bridgehead atoms. The maximum absolute atomic E-state index is 13.7. The maximum atomic E-state index is 13.7. The molecule has 0 aromatic carbocycles. The Morgan fingerprint density at radius 3 is 2.58 bits per heavy atom. The minimum absolute atomic E-state index is 0.0374. The highest BCUT2D eigenvalue weighted by Crippen LogP contribution is 2.64. The Hall–Kier alpha value is -2.62. The Kier molecular flexibility index (Phi) is 8.69. The number of piperidine rings is 1. The number of ether oxygens (including phenoxy) is 3. The highest BCUT2D eigenvalue weighted by molar-refractivity contribution is 5.94. The van der Waals surface area contributed by atoms with Crippen LogP contribution in [0.4, 0.5) is 4.79 Å². The number of allylic oxidation sites excluding steroid dienone is 1. The molecule has 36 heavy (non-hydrogen) atoms. The van der Waals surface area contributed by atoms with Gasteiger partial charge in [-0.1, -0.05) is 32.4 Å². The first-order valence-electron chi connectivity index (χ1n) is 12.8. The van der Waals surface area contributed by atoms with Crippen molar-refractivity contribution in [3.05, 3.63) is 12.2 Å². The standard InChI is InChI=1S/C26H41N3O7/c1-25(2,3)36-24(33)28-18-15-35-13-11-9-7-8-10-12-17(23(32)34-6)27-21(30)20-19-16(26(19,4)5)14-29(20)22(18)31/h9,11,16-20H,7-8,10,12-15H2,1-6H3,(H,27,30)(H,28,33)/b11-9-/t16-,17-,18-,19-,20-/m0/s1. The van der Waals surface area contributed by atoms with Crippen molar-refractivity contribution in [3.63, 3.8) is 0 Å². The Morgan fingerprint density at radius 2 is 1.92 bits per heavy atom. The van der Waals surface area contributed by atoms with Gasteiger partial charge in [-0.3, -0.25) is 9.59 Å². The summed E-state index contributed by atoms with van der Waals surface area (Å²) < 4.78 is 16.0. The summed E-state index contributed by atoms with van der Waals surface area (Å²) in [5.74, 6) is -1.16. The normalized spacial score (nSPS) is 31.9. The quantitative estimate of drug-likeness (QED) is 0.434. The van der Waals surface area contributed by atoms with E-state index < -0.39 is 41.7 Å². The van der Waals surface area contributed by atoms with E-state index in [0.717, 1.165) is 19.3 Å². The molecule has 3 amide bonds. The number of carbonyl (C=O) groups is 4. The number of hydrogen-bond donors (Lipinski definition) is 2. The summed E-state index contributed by atoms with van der Waals surface area (Å²) in [6.45, 7) is 10.0. The molecule has 10 heteroatoms. The lowest BCUT2D eigenvalue weighted by molar-refractivity contribution is -0.147. The van der Waals surface area contributed by atoms with E-state index in [1.807, 2.05) is 12.2 Å². The number of amides is 3. The van der Waals surface area contributed by atoms with Crippen LogP contribution in [-0.4, -0.2) is 79.4 Å². The van der Waals surface area contributed by atoms with Gasteiger partial charge < -0.3 is 29.7 Å². The Bertz CT molecular complexity index is 879. The fourth-order valence-corrected chi connectivity index (χ4v) is 5.34. The van der Waals surface area contributed by atoms with E-state index in [9.17, 15) is 19.2 Å². The number of hydrogen-bond acceptors (Lipinski definition) is 7. The fourth-order valence-electron chi connectivity index (χ4n) is 5.34. The van der Waals surface area contributed by atoms with Gasteiger partial charge in [-0.15, -0.1) is 0 Å². The second-order valence-electron chi connectivity index (χ2n) is 11.5. The van der Waals surface area contributed by atoms with Crippen LogP contribution in [0.2, 0.25) is 0 Å². The summed E-state index contributed by atoms with van der Waals surface area (Å²) in [5.41, 5.74) is -0.838. The van der Waals surface area contributed by atoms with Gasteiger partial charge in [-0.05, 0) is 57.3 Å². The third kappa shape index (κ3) is 6.57. The van der Waals surface area contributed by atoms with E-state index in [4.69, 9.17) is 14.2 Å². The average molecular weight is 508 g/mol. The van der Waals surface area contributed by atoms with Gasteiger partial charge in [0.15, 0.2) is 0 Å². The first-order chi connectivity index (χ1) is 16.9. The predicted molar refractivity (Wildman–Crippen MR) is 132 cm³/mol. The number of alkyl carbamates (subject to hydrolysis) is 1. The molecule has 5 atom stereocenters. The van der Waals surface area contributed by atoms with Crippen LogP contribution in [0.15, 0.2) is 12.2 Å². The maximum Gasteiger partial charge on any atom is 0.408 e. The van der Waals surface area contributed by atoms with Gasteiger partial charge in [0.05, 0.1) is 20.3 Å². The number of rotatable bonds is 2. The third-order valence-corrected chi connectivity index (χ3v) is 7.33. The fraction of sp³-hybridized carbons (Fsp3) is 0.769. The molecular formula is C26H41N3O7. The number of fused-ring (bicyclic) bond motifs is 3. The van der Waals surface area contributed by atoms with Crippen molar-refractivity contribution in [2.45, 2.75) is 84.0 Å². The SMILES string of the molecule is COC(=O)[C@@H]1CCCC/C=C\COC[C@H](NC(=O)OC(C)(C)C)C(=O)N2C[C@H]3[C@@H]([C@H]2C(=O)N1)C3(C)C. The van der Waals surface area contributed by atoms with Gasteiger partial charge in [0.1, 0.15) is 23.7 Å². The van der Waals surface area contributed by atoms with Crippen LogP contribution in [0.25, 0.3) is 0 Å². The molecule has 10 nitrogen and oxygen atoms in total. The molecule has 2 aliphatic heterocycles. The molecular weight excluding hydrogens is 466 g/mol. The smallest absolute Gasteiger partial charge is 0.408 e. The first-order valence-corrected chi connectivity index (χ1v) is 12.8. The zero-order valence-corrected chi connectivity index (χ0v) is 22.3. The highest BCUT2D eigenvalue weighted by Gasteiger charge is 2.69. The van der Waals surface area contributed by atoms with Crippen LogP contribution in [0.3, 0.4) is 0 Å². The van der Waals surface area contributed by atoms with Crippen molar-refractivity contribution in [1.29, 1.82) is 0 Å². The number of carbonyl (C=O) groups excluding carboxylic acids is 4. The lowest BCUT2D eigenvalue weighted by Crippen LogP contribution is -2.58. The second-order valence-corrected chi connectivity index (χ2v) is 11.5. The molecule has 1 saturated heterocycles. The Morgan fingerprint density at radius 1 is 1.19 bits per heavy atom. The van der Waals surface area contributed by atoms with Gasteiger partial charge in [0.25, 0.3) is 0 Å². The van der Waals surface area contributed by atoms with Crippen molar-refractivity contribution >= 4 is 23.9 Å². The molecule has 2 heterocycles. The zero-order chi connectivity index (χ0) is 26.7. The van der Waals surface area contributed by atoms with E-state index in [1.165, 1.54) is 12.0 Å². The summed E-state index contributed by atoms with van der Waals surface area (Å²) in [4.78, 5) is 53.7. The summed E-state index contributed by atoms with van der Waals surface area (Å²) in [5, 5.41) is 5.49. The van der Waals surface area contributed by atoms with Crippen LogP contribution in [0.5, 0.6) is 0 Å². The Labute approximate surface area is 213 Å². The lowest BCUT2D eigenvalue weighted by Gasteiger charge is -2.34. The number of methoxy groups -OCH3 is 1. The second kappa shape index (κ2) is 11.2. The van der Waals surface area contributed by atoms with E-state index in [0.29, 0.717) is 13.0 Å². The van der Waals surface area contributed by atoms with E-state index in [-0.39, 0.29) is 36.4 Å². The molecule has 0 unspecified atom stereocenters. The number of nitrogens with one attached hydrogen (secondary N) is 2. The third-order valence-electron chi connectivity index (χ3n) is 7.33. The molecule has 1 aliphatic carbocycles. The minimum Gasteiger partial charge on any atom is -0.467 e. The largest absolute Gasteiger partial charge is 0.467 e. The predicted octanol–water partition coefficient (Wildman–Crippen LogP) is 2.17. The molecule has 3 aliphatic rings. The summed E-state index contributed by atoms with van der Waals surface area (Å²) >= 11 is 0. The molecule has 2 fully saturated rings. The van der Waals surface area contributed by atoms with E-state index in [1.54, 1.807) is 20.8 Å². The van der Waals surface area contributed by atoms with Gasteiger partial charge in [0, 0.05) is 6.54 Å². The van der Waals surface area contributed by atoms with Crippen LogP contribution in [-0.2, 0) is 28.6 Å². The average Bonchev–Trinajstić information content (AvgIpc) is 3.12. The van der Waals surface area contributed by atoms with Gasteiger partial charge in [-0.25, -0.2) is 9.59 Å². The van der Waals surface area contributed by atoms with Crippen molar-refractivity contribution in [3.8, 4) is 0 Å². The molecule has 202 valence electrons. The molecule has 0 aromatic rings.